The lowest BCUT2D eigenvalue weighted by Gasteiger charge is -2.20. The summed E-state index contributed by atoms with van der Waals surface area (Å²) in [7, 11) is -3.99. The van der Waals surface area contributed by atoms with E-state index in [0.717, 1.165) is 36.2 Å². The number of nitrogens with zero attached hydrogens (tertiary/aromatic N) is 1. The largest absolute Gasteiger partial charge is 0.573 e. The molecule has 2 aromatic carbocycles. The fourth-order valence-corrected chi connectivity index (χ4v) is 4.80. The van der Waals surface area contributed by atoms with Crippen LogP contribution in [0.2, 0.25) is 0 Å². The van der Waals surface area contributed by atoms with Crippen molar-refractivity contribution in [2.45, 2.75) is 43.4 Å². The summed E-state index contributed by atoms with van der Waals surface area (Å²) in [5.41, 5.74) is 1.16. The number of anilines is 2. The van der Waals surface area contributed by atoms with Crippen LogP contribution in [-0.4, -0.2) is 27.2 Å². The number of sulfonamides is 1. The maximum Gasteiger partial charge on any atom is 0.573 e. The Morgan fingerprint density at radius 2 is 1.77 bits per heavy atom. The summed E-state index contributed by atoms with van der Waals surface area (Å²) >= 11 is 0. The molecule has 2 aromatic rings. The Morgan fingerprint density at radius 1 is 1.13 bits per heavy atom. The monoisotopic (exact) mass is 454 g/mol. The highest BCUT2D eigenvalue weighted by Gasteiger charge is 2.43. The summed E-state index contributed by atoms with van der Waals surface area (Å²) < 4.78 is 68.7. The molecule has 1 saturated carbocycles. The second kappa shape index (κ2) is 7.15. The number of carbonyl (C=O) groups excluding carboxylic acids is 1. The molecule has 1 fully saturated rings. The van der Waals surface area contributed by atoms with Crippen LogP contribution in [0.5, 0.6) is 5.75 Å². The molecule has 0 radical (unpaired) electrons. The van der Waals surface area contributed by atoms with Gasteiger partial charge in [0, 0.05) is 29.3 Å². The fraction of sp³-hybridized carbons (Fsp3) is 0.381. The second-order valence-corrected chi connectivity index (χ2v) is 10.1. The number of nitrogens with one attached hydrogen (secondary N) is 1. The van der Waals surface area contributed by atoms with Gasteiger partial charge in [0.25, 0.3) is 10.0 Å². The van der Waals surface area contributed by atoms with Gasteiger partial charge in [-0.15, -0.1) is 13.2 Å². The Kier molecular flexibility index (Phi) is 4.95. The normalized spacial score (nSPS) is 17.9. The van der Waals surface area contributed by atoms with Gasteiger partial charge in [-0.3, -0.25) is 9.52 Å². The SMILES string of the molecule is CC1(C)CN(C(=O)C2CC2)c2ccc(S(=O)(=O)Nc3ccc(OC(F)(F)F)cc3)cc21. The van der Waals surface area contributed by atoms with Gasteiger partial charge in [-0.25, -0.2) is 8.42 Å². The first-order valence-electron chi connectivity index (χ1n) is 9.70. The Balaban J connectivity index is 1.57. The third kappa shape index (κ3) is 4.48. The van der Waals surface area contributed by atoms with Crippen molar-refractivity contribution in [2.24, 2.45) is 5.92 Å². The van der Waals surface area contributed by atoms with Gasteiger partial charge in [-0.2, -0.15) is 0 Å². The topological polar surface area (TPSA) is 75.7 Å². The highest BCUT2D eigenvalue weighted by Crippen LogP contribution is 2.44. The van der Waals surface area contributed by atoms with Crippen LogP contribution in [0.15, 0.2) is 47.4 Å². The third-order valence-electron chi connectivity index (χ3n) is 5.38. The molecule has 4 rings (SSSR count). The molecule has 1 heterocycles. The van der Waals surface area contributed by atoms with E-state index < -0.39 is 27.6 Å². The van der Waals surface area contributed by atoms with Gasteiger partial charge >= 0.3 is 6.36 Å². The van der Waals surface area contributed by atoms with Gasteiger partial charge in [-0.05, 0) is 60.9 Å². The molecule has 31 heavy (non-hydrogen) atoms. The molecule has 0 bridgehead atoms. The molecular weight excluding hydrogens is 433 g/mol. The summed E-state index contributed by atoms with van der Waals surface area (Å²) in [5.74, 6) is -0.326. The summed E-state index contributed by atoms with van der Waals surface area (Å²) in [6, 6.07) is 9.05. The molecule has 2 aliphatic rings. The molecular formula is C21H21F3N2O4S. The smallest absolute Gasteiger partial charge is 0.406 e. The number of rotatable bonds is 5. The van der Waals surface area contributed by atoms with Crippen LogP contribution >= 0.6 is 0 Å². The van der Waals surface area contributed by atoms with E-state index in [1.54, 1.807) is 17.0 Å². The van der Waals surface area contributed by atoms with Crippen molar-refractivity contribution in [3.05, 3.63) is 48.0 Å². The van der Waals surface area contributed by atoms with Crippen LogP contribution in [0.4, 0.5) is 24.5 Å². The molecule has 1 aliphatic heterocycles. The van der Waals surface area contributed by atoms with Crippen molar-refractivity contribution in [1.82, 2.24) is 0 Å². The predicted octanol–water partition coefficient (Wildman–Crippen LogP) is 4.42. The maximum absolute atomic E-state index is 12.9. The minimum absolute atomic E-state index is 0.00987. The van der Waals surface area contributed by atoms with E-state index in [4.69, 9.17) is 0 Å². The van der Waals surface area contributed by atoms with Crippen molar-refractivity contribution in [2.75, 3.05) is 16.2 Å². The summed E-state index contributed by atoms with van der Waals surface area (Å²) in [6.07, 6.45) is -3.06. The number of ether oxygens (including phenoxy) is 1. The summed E-state index contributed by atoms with van der Waals surface area (Å²) in [4.78, 5) is 14.4. The zero-order valence-electron chi connectivity index (χ0n) is 16.9. The number of alkyl halides is 3. The first-order chi connectivity index (χ1) is 14.4. The lowest BCUT2D eigenvalue weighted by molar-refractivity contribution is -0.274. The zero-order chi connectivity index (χ0) is 22.6. The number of benzene rings is 2. The van der Waals surface area contributed by atoms with Crippen molar-refractivity contribution < 1.29 is 31.1 Å². The maximum atomic E-state index is 12.9. The van der Waals surface area contributed by atoms with Gasteiger partial charge in [-0.1, -0.05) is 13.8 Å². The number of hydrogen-bond acceptors (Lipinski definition) is 4. The molecule has 0 unspecified atom stereocenters. The van der Waals surface area contributed by atoms with Crippen molar-refractivity contribution in [3.63, 3.8) is 0 Å². The van der Waals surface area contributed by atoms with Crippen LogP contribution in [0.3, 0.4) is 0 Å². The van der Waals surface area contributed by atoms with Gasteiger partial charge in [0.05, 0.1) is 4.90 Å². The highest BCUT2D eigenvalue weighted by molar-refractivity contribution is 7.92. The molecule has 0 aromatic heterocycles. The van der Waals surface area contributed by atoms with Crippen molar-refractivity contribution >= 4 is 27.3 Å². The Labute approximate surface area is 178 Å². The highest BCUT2D eigenvalue weighted by atomic mass is 32.2. The van der Waals surface area contributed by atoms with E-state index >= 15 is 0 Å². The first kappa shape index (κ1) is 21.5. The minimum Gasteiger partial charge on any atom is -0.406 e. The summed E-state index contributed by atoms with van der Waals surface area (Å²) in [5, 5.41) is 0. The van der Waals surface area contributed by atoms with Crippen LogP contribution < -0.4 is 14.4 Å². The number of halogens is 3. The quantitative estimate of drug-likeness (QED) is 0.726. The van der Waals surface area contributed by atoms with Gasteiger partial charge in [0.1, 0.15) is 5.75 Å². The van der Waals surface area contributed by atoms with E-state index in [-0.39, 0.29) is 22.4 Å². The van der Waals surface area contributed by atoms with Crippen molar-refractivity contribution in [1.29, 1.82) is 0 Å². The average molecular weight is 454 g/mol. The Hall–Kier alpha value is -2.75. The van der Waals surface area contributed by atoms with E-state index in [1.807, 2.05) is 13.8 Å². The Morgan fingerprint density at radius 3 is 2.35 bits per heavy atom. The molecule has 0 atom stereocenters. The number of amides is 1. The molecule has 6 nitrogen and oxygen atoms in total. The third-order valence-corrected chi connectivity index (χ3v) is 6.76. The number of carbonyl (C=O) groups is 1. The lowest BCUT2D eigenvalue weighted by Crippen LogP contribution is -2.34. The molecule has 166 valence electrons. The molecule has 1 aliphatic carbocycles. The van der Waals surface area contributed by atoms with E-state index in [1.165, 1.54) is 18.2 Å². The standard InChI is InChI=1S/C21H21F3N2O4S/c1-20(2)12-26(19(27)13-3-4-13)18-10-9-16(11-17(18)20)31(28,29)25-14-5-7-15(8-6-14)30-21(22,23)24/h5-11,13,25H,3-4,12H2,1-2H3. The van der Waals surface area contributed by atoms with Gasteiger partial charge in [0.15, 0.2) is 0 Å². The fourth-order valence-electron chi connectivity index (χ4n) is 3.71. The molecule has 0 saturated heterocycles. The predicted molar refractivity (Wildman–Crippen MR) is 108 cm³/mol. The average Bonchev–Trinajstić information content (AvgIpc) is 3.47. The van der Waals surface area contributed by atoms with Gasteiger partial charge in [0.2, 0.25) is 5.91 Å². The first-order valence-corrected chi connectivity index (χ1v) is 11.2. The molecule has 1 N–H and O–H groups in total. The molecule has 0 spiro atoms. The van der Waals surface area contributed by atoms with Crippen LogP contribution in [-0.2, 0) is 20.2 Å². The molecule has 10 heteroatoms. The second-order valence-electron chi connectivity index (χ2n) is 8.44. The van der Waals surface area contributed by atoms with Crippen LogP contribution in [0, 0.1) is 5.92 Å². The van der Waals surface area contributed by atoms with Crippen LogP contribution in [0.25, 0.3) is 0 Å². The zero-order valence-corrected chi connectivity index (χ0v) is 17.7. The van der Waals surface area contributed by atoms with Crippen molar-refractivity contribution in [3.8, 4) is 5.75 Å². The number of fused-ring (bicyclic) bond motifs is 1. The van der Waals surface area contributed by atoms with E-state index in [9.17, 15) is 26.4 Å². The summed E-state index contributed by atoms with van der Waals surface area (Å²) in [6.45, 7) is 4.39. The molecule has 1 amide bonds. The number of hydrogen-bond donors (Lipinski definition) is 1. The van der Waals surface area contributed by atoms with E-state index in [0.29, 0.717) is 6.54 Å². The van der Waals surface area contributed by atoms with E-state index in [2.05, 4.69) is 9.46 Å². The lowest BCUT2D eigenvalue weighted by atomic mass is 9.87. The Bertz CT molecular complexity index is 1120. The van der Waals surface area contributed by atoms with Crippen LogP contribution in [0.1, 0.15) is 32.3 Å². The van der Waals surface area contributed by atoms with Gasteiger partial charge < -0.3 is 9.64 Å². The minimum atomic E-state index is -4.83.